The molecule has 3 N–H and O–H groups in total. The minimum absolute atomic E-state index is 0.0190. The molecule has 0 aliphatic heterocycles. The van der Waals surface area contributed by atoms with E-state index in [0.29, 0.717) is 9.13 Å². The number of nitrogens with zero attached hydrogens (tertiary/aromatic N) is 1. The van der Waals surface area contributed by atoms with Crippen LogP contribution in [-0.4, -0.2) is 43.7 Å². The summed E-state index contributed by atoms with van der Waals surface area (Å²) in [6.45, 7) is -0.484. The summed E-state index contributed by atoms with van der Waals surface area (Å²) in [5, 5.41) is 8.65. The number of rotatable bonds is 8. The van der Waals surface area contributed by atoms with Crippen molar-refractivity contribution in [3.8, 4) is 11.5 Å². The molecule has 0 aromatic heterocycles. The lowest BCUT2D eigenvalue weighted by atomic mass is 10.2. The first-order valence-corrected chi connectivity index (χ1v) is 11.3. The molecule has 13 heteroatoms. The predicted molar refractivity (Wildman–Crippen MR) is 128 cm³/mol. The van der Waals surface area contributed by atoms with Gasteiger partial charge < -0.3 is 20.1 Å². The van der Waals surface area contributed by atoms with Crippen LogP contribution in [0.5, 0.6) is 11.5 Å². The van der Waals surface area contributed by atoms with Crippen LogP contribution in [0.4, 0.5) is 18.9 Å². The first kappa shape index (κ1) is 26.2. The molecule has 1 aliphatic carbocycles. The lowest BCUT2D eigenvalue weighted by Gasteiger charge is -2.14. The minimum Gasteiger partial charge on any atom is -0.493 e. The Labute approximate surface area is 211 Å². The highest BCUT2D eigenvalue weighted by Gasteiger charge is 2.30. The fourth-order valence-electron chi connectivity index (χ4n) is 2.76. The SMILES string of the molecule is COc1cc(/C=N\NC(=O)C(=O)NC2CC2)cc(I)c1OCC(=O)Nc1cccc(C(F)(F)F)c1. The summed E-state index contributed by atoms with van der Waals surface area (Å²) in [4.78, 5) is 35.5. The highest BCUT2D eigenvalue weighted by Crippen LogP contribution is 2.34. The van der Waals surface area contributed by atoms with Gasteiger partial charge in [0.05, 0.1) is 22.5 Å². The number of carbonyl (C=O) groups excluding carboxylic acids is 3. The van der Waals surface area contributed by atoms with Crippen molar-refractivity contribution in [1.82, 2.24) is 10.7 Å². The van der Waals surface area contributed by atoms with Gasteiger partial charge in [0.15, 0.2) is 18.1 Å². The third-order valence-electron chi connectivity index (χ3n) is 4.57. The maximum Gasteiger partial charge on any atom is 0.416 e. The fraction of sp³-hybridized carbons (Fsp3) is 0.273. The average molecular weight is 604 g/mol. The van der Waals surface area contributed by atoms with Crippen molar-refractivity contribution in [2.45, 2.75) is 25.1 Å². The van der Waals surface area contributed by atoms with E-state index < -0.39 is 36.1 Å². The van der Waals surface area contributed by atoms with Crippen LogP contribution >= 0.6 is 22.6 Å². The van der Waals surface area contributed by atoms with Crippen molar-refractivity contribution in [2.24, 2.45) is 5.10 Å². The number of benzene rings is 2. The average Bonchev–Trinajstić information content (AvgIpc) is 3.61. The Balaban J connectivity index is 1.59. The maximum absolute atomic E-state index is 12.8. The van der Waals surface area contributed by atoms with E-state index in [0.717, 1.165) is 25.0 Å². The number of alkyl halides is 3. The molecule has 3 amide bonds. The van der Waals surface area contributed by atoms with Crippen molar-refractivity contribution >= 4 is 52.2 Å². The fourth-order valence-corrected chi connectivity index (χ4v) is 3.54. The zero-order valence-corrected chi connectivity index (χ0v) is 20.4. The quantitative estimate of drug-likeness (QED) is 0.185. The van der Waals surface area contributed by atoms with E-state index in [9.17, 15) is 27.6 Å². The summed E-state index contributed by atoms with van der Waals surface area (Å²) in [5.74, 6) is -1.83. The van der Waals surface area contributed by atoms with Crippen molar-refractivity contribution < 1.29 is 37.0 Å². The molecule has 1 saturated carbocycles. The maximum atomic E-state index is 12.8. The number of ether oxygens (including phenoxy) is 2. The Morgan fingerprint density at radius 1 is 1.17 bits per heavy atom. The molecule has 0 saturated heterocycles. The molecule has 0 spiro atoms. The highest BCUT2D eigenvalue weighted by atomic mass is 127. The molecule has 186 valence electrons. The van der Waals surface area contributed by atoms with Gasteiger partial charge in [-0.05, 0) is 71.3 Å². The summed E-state index contributed by atoms with van der Waals surface area (Å²) >= 11 is 1.94. The molecule has 0 atom stereocenters. The van der Waals surface area contributed by atoms with Gasteiger partial charge in [0, 0.05) is 11.7 Å². The molecule has 1 aliphatic rings. The highest BCUT2D eigenvalue weighted by molar-refractivity contribution is 14.1. The summed E-state index contributed by atoms with van der Waals surface area (Å²) < 4.78 is 49.9. The lowest BCUT2D eigenvalue weighted by molar-refractivity contribution is -0.139. The monoisotopic (exact) mass is 604 g/mol. The Morgan fingerprint density at radius 3 is 2.57 bits per heavy atom. The molecule has 1 fully saturated rings. The molecule has 35 heavy (non-hydrogen) atoms. The van der Waals surface area contributed by atoms with E-state index in [2.05, 4.69) is 21.2 Å². The summed E-state index contributed by atoms with van der Waals surface area (Å²) in [5.41, 5.74) is 1.74. The second kappa shape index (κ2) is 11.4. The second-order valence-corrected chi connectivity index (χ2v) is 8.56. The molecule has 2 aromatic rings. The van der Waals surface area contributed by atoms with E-state index in [1.54, 1.807) is 6.07 Å². The largest absolute Gasteiger partial charge is 0.493 e. The zero-order chi connectivity index (χ0) is 25.6. The van der Waals surface area contributed by atoms with Crippen molar-refractivity contribution in [2.75, 3.05) is 19.0 Å². The van der Waals surface area contributed by atoms with Crippen molar-refractivity contribution in [3.63, 3.8) is 0 Å². The standard InChI is InChI=1S/C22H20F3IN4O5/c1-34-17-8-12(10-27-30-21(33)20(32)29-14-5-6-14)7-16(26)19(17)35-11-18(31)28-15-4-2-3-13(9-15)22(23,24)25/h2-4,7-10,14H,5-6,11H2,1H3,(H,28,31)(H,29,32)(H,30,33)/b27-10-. The van der Waals surface area contributed by atoms with Crippen LogP contribution in [0.15, 0.2) is 41.5 Å². The number of halogens is 4. The van der Waals surface area contributed by atoms with Crippen molar-refractivity contribution in [3.05, 3.63) is 51.1 Å². The molecule has 0 bridgehead atoms. The van der Waals surface area contributed by atoms with Crippen molar-refractivity contribution in [1.29, 1.82) is 0 Å². The number of amides is 3. The van der Waals surface area contributed by atoms with Crippen LogP contribution in [0.1, 0.15) is 24.0 Å². The molecule has 0 unspecified atom stereocenters. The molecular formula is C22H20F3IN4O5. The van der Waals surface area contributed by atoms with Gasteiger partial charge in [-0.3, -0.25) is 14.4 Å². The first-order chi connectivity index (χ1) is 16.6. The van der Waals surface area contributed by atoms with Gasteiger partial charge in [0.2, 0.25) is 0 Å². The first-order valence-electron chi connectivity index (χ1n) is 10.2. The van der Waals surface area contributed by atoms with E-state index in [1.807, 2.05) is 22.6 Å². The number of hydrogen-bond donors (Lipinski definition) is 3. The van der Waals surface area contributed by atoms with Gasteiger partial charge >= 0.3 is 18.0 Å². The van der Waals surface area contributed by atoms with Crippen LogP contribution in [0.3, 0.4) is 0 Å². The topological polar surface area (TPSA) is 118 Å². The van der Waals surface area contributed by atoms with E-state index in [1.165, 1.54) is 31.5 Å². The smallest absolute Gasteiger partial charge is 0.416 e. The Hall–Kier alpha value is -3.36. The van der Waals surface area contributed by atoms with Gasteiger partial charge in [-0.25, -0.2) is 5.43 Å². The Morgan fingerprint density at radius 2 is 1.91 bits per heavy atom. The lowest BCUT2D eigenvalue weighted by Crippen LogP contribution is -2.38. The number of anilines is 1. The summed E-state index contributed by atoms with van der Waals surface area (Å²) in [6.07, 6.45) is -1.53. The summed E-state index contributed by atoms with van der Waals surface area (Å²) in [6, 6.07) is 7.45. The normalized spacial score (nSPS) is 13.3. The predicted octanol–water partition coefficient (Wildman–Crippen LogP) is 3.06. The molecular weight excluding hydrogens is 584 g/mol. The molecule has 2 aromatic carbocycles. The van der Waals surface area contributed by atoms with Gasteiger partial charge in [-0.1, -0.05) is 6.07 Å². The zero-order valence-electron chi connectivity index (χ0n) is 18.2. The van der Waals surface area contributed by atoms with Crippen LogP contribution < -0.4 is 25.5 Å². The molecule has 0 radical (unpaired) electrons. The van der Waals surface area contributed by atoms with Gasteiger partial charge in [-0.15, -0.1) is 0 Å². The number of hydrogen-bond acceptors (Lipinski definition) is 6. The number of hydrazone groups is 1. The minimum atomic E-state index is -4.53. The van der Waals surface area contributed by atoms with Gasteiger partial charge in [0.25, 0.3) is 5.91 Å². The Kier molecular flexibility index (Phi) is 8.53. The molecule has 9 nitrogen and oxygen atoms in total. The number of carbonyl (C=O) groups is 3. The third-order valence-corrected chi connectivity index (χ3v) is 5.37. The van der Waals surface area contributed by atoms with E-state index in [-0.39, 0.29) is 23.2 Å². The van der Waals surface area contributed by atoms with Crippen LogP contribution in [0, 0.1) is 3.57 Å². The van der Waals surface area contributed by atoms with Crippen LogP contribution in [0.2, 0.25) is 0 Å². The molecule has 3 rings (SSSR count). The van der Waals surface area contributed by atoms with E-state index in [4.69, 9.17) is 9.47 Å². The molecule has 0 heterocycles. The number of nitrogens with one attached hydrogen (secondary N) is 3. The summed E-state index contributed by atoms with van der Waals surface area (Å²) in [7, 11) is 1.38. The third kappa shape index (κ3) is 7.83. The van der Waals surface area contributed by atoms with Crippen LogP contribution in [-0.2, 0) is 20.6 Å². The second-order valence-electron chi connectivity index (χ2n) is 7.40. The van der Waals surface area contributed by atoms with Crippen LogP contribution in [0.25, 0.3) is 0 Å². The van der Waals surface area contributed by atoms with Gasteiger partial charge in [0.1, 0.15) is 0 Å². The Bertz CT molecular complexity index is 1150. The van der Waals surface area contributed by atoms with E-state index >= 15 is 0 Å². The number of methoxy groups -OCH3 is 1. The van der Waals surface area contributed by atoms with Gasteiger partial charge in [-0.2, -0.15) is 18.3 Å².